The minimum absolute atomic E-state index is 0.0452. The van der Waals surface area contributed by atoms with Crippen molar-refractivity contribution in [1.29, 1.82) is 0 Å². The lowest BCUT2D eigenvalue weighted by Crippen LogP contribution is -2.46. The number of nitrogens with one attached hydrogen (secondary N) is 1. The molecule has 3 rings (SSSR count). The third-order valence-corrected chi connectivity index (χ3v) is 7.11. The monoisotopic (exact) mass is 550 g/mol. The number of benzene rings is 2. The van der Waals surface area contributed by atoms with Crippen molar-refractivity contribution in [2.24, 2.45) is 5.92 Å². The Morgan fingerprint density at radius 1 is 1.10 bits per heavy atom. The normalized spacial score (nSPS) is 15.5. The van der Waals surface area contributed by atoms with Crippen LogP contribution in [0.2, 0.25) is 0 Å². The van der Waals surface area contributed by atoms with Crippen LogP contribution >= 0.6 is 0 Å². The number of aryl methyl sites for hydroxylation is 1. The van der Waals surface area contributed by atoms with Gasteiger partial charge in [0.1, 0.15) is 0 Å². The Bertz CT molecular complexity index is 1040. The predicted molar refractivity (Wildman–Crippen MR) is 150 cm³/mol. The quantitative estimate of drug-likeness (QED) is 0.317. The highest BCUT2D eigenvalue weighted by molar-refractivity contribution is 5.66. The maximum absolute atomic E-state index is 12.6. The van der Waals surface area contributed by atoms with Crippen molar-refractivity contribution in [2.45, 2.75) is 83.5 Å². The molecule has 0 bridgehead atoms. The van der Waals surface area contributed by atoms with Gasteiger partial charge in [-0.3, -0.25) is 4.79 Å². The van der Waals surface area contributed by atoms with E-state index >= 15 is 0 Å². The minimum Gasteiger partial charge on any atom is -0.481 e. The fourth-order valence-electron chi connectivity index (χ4n) is 5.24. The van der Waals surface area contributed by atoms with Crippen LogP contribution in [0.25, 0.3) is 0 Å². The van der Waals surface area contributed by atoms with E-state index in [9.17, 15) is 23.1 Å². The molecule has 1 aliphatic carbocycles. The van der Waals surface area contributed by atoms with Gasteiger partial charge in [0.05, 0.1) is 11.7 Å². The summed E-state index contributed by atoms with van der Waals surface area (Å²) in [7, 11) is 3.98. The molecule has 2 aromatic rings. The van der Waals surface area contributed by atoms with Crippen molar-refractivity contribution < 1.29 is 28.2 Å². The lowest BCUT2D eigenvalue weighted by molar-refractivity contribution is -0.138. The van der Waals surface area contributed by atoms with Gasteiger partial charge in [0.2, 0.25) is 0 Å². The Balaban J connectivity index is 0.000000277. The number of carboxylic acids is 1. The van der Waals surface area contributed by atoms with Gasteiger partial charge in [-0.15, -0.1) is 0 Å². The number of aliphatic hydroxyl groups is 1. The lowest BCUT2D eigenvalue weighted by atomic mass is 9.88. The van der Waals surface area contributed by atoms with E-state index in [1.54, 1.807) is 19.9 Å². The Morgan fingerprint density at radius 2 is 1.69 bits per heavy atom. The molecule has 0 saturated carbocycles. The van der Waals surface area contributed by atoms with Gasteiger partial charge >= 0.3 is 12.1 Å². The molecule has 0 radical (unpaired) electrons. The van der Waals surface area contributed by atoms with Crippen LogP contribution in [0.15, 0.2) is 42.5 Å². The topological polar surface area (TPSA) is 72.8 Å². The van der Waals surface area contributed by atoms with E-state index in [0.29, 0.717) is 30.6 Å². The number of halogens is 3. The van der Waals surface area contributed by atoms with Gasteiger partial charge in [0.15, 0.2) is 0 Å². The Labute approximate surface area is 231 Å². The molecule has 218 valence electrons. The zero-order valence-corrected chi connectivity index (χ0v) is 24.1. The van der Waals surface area contributed by atoms with Gasteiger partial charge in [-0.25, -0.2) is 0 Å². The van der Waals surface area contributed by atoms with Crippen LogP contribution in [-0.4, -0.2) is 59.9 Å². The first kappa shape index (κ1) is 32.8. The molecule has 0 aromatic heterocycles. The van der Waals surface area contributed by atoms with E-state index in [-0.39, 0.29) is 24.0 Å². The number of hydrogen-bond donors (Lipinski definition) is 3. The summed E-state index contributed by atoms with van der Waals surface area (Å²) in [6.07, 6.45) is -0.848. The van der Waals surface area contributed by atoms with E-state index in [1.807, 2.05) is 19.0 Å². The van der Waals surface area contributed by atoms with Crippen LogP contribution in [-0.2, 0) is 23.8 Å². The van der Waals surface area contributed by atoms with Crippen molar-refractivity contribution in [3.8, 4) is 0 Å². The fourth-order valence-corrected chi connectivity index (χ4v) is 5.24. The summed E-state index contributed by atoms with van der Waals surface area (Å²) in [4.78, 5) is 12.5. The number of aliphatic carboxylic acids is 1. The Kier molecular flexibility index (Phi) is 12.0. The molecule has 0 amide bonds. The van der Waals surface area contributed by atoms with Gasteiger partial charge in [-0.1, -0.05) is 42.8 Å². The molecule has 2 aromatic carbocycles. The highest BCUT2D eigenvalue weighted by Crippen LogP contribution is 2.33. The third kappa shape index (κ3) is 11.7. The van der Waals surface area contributed by atoms with Crippen LogP contribution in [0.1, 0.15) is 73.8 Å². The molecule has 2 unspecified atom stereocenters. The second-order valence-corrected chi connectivity index (χ2v) is 11.9. The van der Waals surface area contributed by atoms with E-state index in [1.165, 1.54) is 24.0 Å². The van der Waals surface area contributed by atoms with Crippen LogP contribution < -0.4 is 5.32 Å². The summed E-state index contributed by atoms with van der Waals surface area (Å²) in [6, 6.07) is 12.7. The average molecular weight is 551 g/mol. The van der Waals surface area contributed by atoms with Crippen LogP contribution in [0, 0.1) is 12.8 Å². The lowest BCUT2D eigenvalue weighted by Gasteiger charge is -2.31. The van der Waals surface area contributed by atoms with Crippen LogP contribution in [0.5, 0.6) is 0 Å². The summed E-state index contributed by atoms with van der Waals surface area (Å²) in [5.41, 5.74) is 3.49. The summed E-state index contributed by atoms with van der Waals surface area (Å²) in [6.45, 7) is 9.19. The largest absolute Gasteiger partial charge is 0.481 e. The number of nitrogens with zero attached hydrogens (tertiary/aromatic N) is 1. The van der Waals surface area contributed by atoms with Gasteiger partial charge < -0.3 is 20.4 Å². The van der Waals surface area contributed by atoms with Gasteiger partial charge in [0, 0.05) is 25.0 Å². The maximum Gasteiger partial charge on any atom is 0.416 e. The molecule has 0 spiro atoms. The number of aliphatic hydroxyl groups excluding tert-OH is 1. The first-order valence-corrected chi connectivity index (χ1v) is 13.6. The van der Waals surface area contributed by atoms with E-state index in [4.69, 9.17) is 5.11 Å². The van der Waals surface area contributed by atoms with Crippen LogP contribution in [0.4, 0.5) is 13.2 Å². The molecule has 0 saturated heterocycles. The smallest absolute Gasteiger partial charge is 0.416 e. The number of hydrogen-bond acceptors (Lipinski definition) is 4. The summed E-state index contributed by atoms with van der Waals surface area (Å²) in [5, 5.41) is 22.1. The van der Waals surface area contributed by atoms with Crippen LogP contribution in [0.3, 0.4) is 0 Å². The number of β-amino-alcohol motifs (C(OH)–C–C–N with tert-alkyl or cyclic N) is 1. The van der Waals surface area contributed by atoms with E-state index < -0.39 is 17.7 Å². The maximum atomic E-state index is 12.6. The highest BCUT2D eigenvalue weighted by atomic mass is 19.4. The third-order valence-electron chi connectivity index (χ3n) is 7.11. The van der Waals surface area contributed by atoms with Crippen molar-refractivity contribution in [2.75, 3.05) is 27.2 Å². The highest BCUT2D eigenvalue weighted by Gasteiger charge is 2.31. The standard InChI is InChI=1S/C18H30N2O.C13H15F3O2/c1-18(2,19-12-17(21)13-20(3)4)11-14-9-15-7-5-6-8-16(15)10-14;1-8-5-10(9(2)3-4-12(17)18)7-11(6-8)13(14,15)16/h5-8,14,17,19,21H,9-13H2,1-4H3;5-7,9H,3-4H2,1-2H3,(H,17,18). The second-order valence-electron chi connectivity index (χ2n) is 11.9. The molecule has 8 heteroatoms. The predicted octanol–water partition coefficient (Wildman–Crippen LogP) is 6.06. The first-order valence-electron chi connectivity index (χ1n) is 13.6. The Morgan fingerprint density at radius 3 is 2.21 bits per heavy atom. The van der Waals surface area contributed by atoms with Crippen molar-refractivity contribution >= 4 is 5.97 Å². The number of carbonyl (C=O) groups is 1. The summed E-state index contributed by atoms with van der Waals surface area (Å²) in [5.74, 6) is -0.427. The Hall–Kier alpha value is -2.42. The summed E-state index contributed by atoms with van der Waals surface area (Å²) < 4.78 is 37.9. The van der Waals surface area contributed by atoms with E-state index in [0.717, 1.165) is 24.5 Å². The number of alkyl halides is 3. The van der Waals surface area contributed by atoms with Gasteiger partial charge in [-0.05, 0) is 101 Å². The van der Waals surface area contributed by atoms with Gasteiger partial charge in [-0.2, -0.15) is 13.2 Å². The molecule has 0 aliphatic heterocycles. The minimum atomic E-state index is -4.37. The SMILES string of the molecule is CN(C)CC(O)CNC(C)(C)CC1Cc2ccccc2C1.Cc1cc(C(C)CCC(=O)O)cc(C(F)(F)F)c1. The molecule has 39 heavy (non-hydrogen) atoms. The molecular weight excluding hydrogens is 505 g/mol. The molecule has 0 heterocycles. The number of likely N-dealkylation sites (N-methyl/N-ethyl adjacent to an activating group) is 1. The van der Waals surface area contributed by atoms with Gasteiger partial charge in [0.25, 0.3) is 0 Å². The zero-order valence-electron chi connectivity index (χ0n) is 24.1. The molecule has 1 aliphatic rings. The number of rotatable bonds is 11. The molecule has 0 fully saturated rings. The first-order chi connectivity index (χ1) is 18.1. The number of carboxylic acid groups (broad SMARTS) is 1. The fraction of sp³-hybridized carbons (Fsp3) is 0.581. The molecule has 3 N–H and O–H groups in total. The summed E-state index contributed by atoms with van der Waals surface area (Å²) >= 11 is 0. The van der Waals surface area contributed by atoms with Crippen molar-refractivity contribution in [1.82, 2.24) is 10.2 Å². The second kappa shape index (κ2) is 14.3. The zero-order chi connectivity index (χ0) is 29.4. The van der Waals surface area contributed by atoms with E-state index in [2.05, 4.69) is 43.4 Å². The van der Waals surface area contributed by atoms with Crippen molar-refractivity contribution in [3.05, 3.63) is 70.3 Å². The van der Waals surface area contributed by atoms with Crippen molar-refractivity contribution in [3.63, 3.8) is 0 Å². The average Bonchev–Trinajstić information content (AvgIpc) is 3.22. The molecule has 2 atom stereocenters. The molecule has 5 nitrogen and oxygen atoms in total. The number of fused-ring (bicyclic) bond motifs is 1. The molecular formula is C31H45F3N2O3.